The number of amides is 1. The molecule has 19 heavy (non-hydrogen) atoms. The second-order valence-electron chi connectivity index (χ2n) is 5.52. The molecule has 2 aliphatic heterocycles. The van der Waals surface area contributed by atoms with Gasteiger partial charge in [0.2, 0.25) is 5.91 Å². The molecule has 0 aromatic heterocycles. The lowest BCUT2D eigenvalue weighted by Crippen LogP contribution is -2.40. The molecule has 1 N–H and O–H groups in total. The first-order chi connectivity index (χ1) is 9.22. The number of hydrogen-bond donors (Lipinski definition) is 1. The van der Waals surface area contributed by atoms with Crippen LogP contribution in [0.2, 0.25) is 0 Å². The Kier molecular flexibility index (Phi) is 5.60. The van der Waals surface area contributed by atoms with E-state index < -0.39 is 0 Å². The Labute approximate surface area is 116 Å². The van der Waals surface area contributed by atoms with E-state index in [2.05, 4.69) is 24.1 Å². The predicted octanol–water partition coefficient (Wildman–Crippen LogP) is 0.655. The smallest absolute Gasteiger partial charge is 0.241 e. The SMILES string of the molecule is CCCC1NC(C)N(CCCN2CCOCC2)C1=O. The molecule has 2 fully saturated rings. The van der Waals surface area contributed by atoms with Gasteiger partial charge in [-0.3, -0.25) is 15.0 Å². The predicted molar refractivity (Wildman–Crippen MR) is 74.9 cm³/mol. The zero-order chi connectivity index (χ0) is 13.7. The summed E-state index contributed by atoms with van der Waals surface area (Å²) in [6.45, 7) is 9.89. The summed E-state index contributed by atoms with van der Waals surface area (Å²) in [4.78, 5) is 16.6. The van der Waals surface area contributed by atoms with Crippen LogP contribution in [0.4, 0.5) is 0 Å². The third kappa shape index (κ3) is 3.91. The van der Waals surface area contributed by atoms with E-state index in [1.807, 2.05) is 4.90 Å². The van der Waals surface area contributed by atoms with Gasteiger partial charge in [-0.25, -0.2) is 0 Å². The molecule has 110 valence electrons. The van der Waals surface area contributed by atoms with Crippen molar-refractivity contribution in [3.8, 4) is 0 Å². The Hall–Kier alpha value is -0.650. The molecule has 2 unspecified atom stereocenters. The molecule has 1 amide bonds. The van der Waals surface area contributed by atoms with Crippen LogP contribution in [0.25, 0.3) is 0 Å². The monoisotopic (exact) mass is 269 g/mol. The molecule has 0 saturated carbocycles. The quantitative estimate of drug-likeness (QED) is 0.769. The largest absolute Gasteiger partial charge is 0.379 e. The highest BCUT2D eigenvalue weighted by atomic mass is 16.5. The fourth-order valence-electron chi connectivity index (χ4n) is 2.93. The molecule has 2 atom stereocenters. The van der Waals surface area contributed by atoms with E-state index in [0.29, 0.717) is 0 Å². The van der Waals surface area contributed by atoms with Crippen molar-refractivity contribution in [3.05, 3.63) is 0 Å². The molecule has 0 aromatic rings. The van der Waals surface area contributed by atoms with Gasteiger partial charge >= 0.3 is 0 Å². The summed E-state index contributed by atoms with van der Waals surface area (Å²) in [7, 11) is 0. The third-order valence-corrected chi connectivity index (χ3v) is 4.05. The van der Waals surface area contributed by atoms with Crippen molar-refractivity contribution >= 4 is 5.91 Å². The number of nitrogens with zero attached hydrogens (tertiary/aromatic N) is 2. The van der Waals surface area contributed by atoms with Crippen LogP contribution in [0.1, 0.15) is 33.1 Å². The third-order valence-electron chi connectivity index (χ3n) is 4.05. The molecular formula is C14H27N3O2. The Morgan fingerprint density at radius 2 is 2.05 bits per heavy atom. The molecular weight excluding hydrogens is 242 g/mol. The average Bonchev–Trinajstić information content (AvgIpc) is 2.68. The van der Waals surface area contributed by atoms with Crippen molar-refractivity contribution in [2.24, 2.45) is 0 Å². The summed E-state index contributed by atoms with van der Waals surface area (Å²) >= 11 is 0. The minimum absolute atomic E-state index is 0.0448. The molecule has 0 spiro atoms. The van der Waals surface area contributed by atoms with Crippen LogP contribution in [0.5, 0.6) is 0 Å². The van der Waals surface area contributed by atoms with E-state index in [-0.39, 0.29) is 18.1 Å². The summed E-state index contributed by atoms with van der Waals surface area (Å²) in [6, 6.07) is 0.0448. The second kappa shape index (κ2) is 7.22. The Bertz CT molecular complexity index is 292. The summed E-state index contributed by atoms with van der Waals surface area (Å²) < 4.78 is 5.34. The van der Waals surface area contributed by atoms with Gasteiger partial charge in [0, 0.05) is 26.2 Å². The van der Waals surface area contributed by atoms with Crippen molar-refractivity contribution in [2.75, 3.05) is 39.4 Å². The van der Waals surface area contributed by atoms with Gasteiger partial charge in [-0.1, -0.05) is 13.3 Å². The van der Waals surface area contributed by atoms with Crippen molar-refractivity contribution < 1.29 is 9.53 Å². The summed E-state index contributed by atoms with van der Waals surface area (Å²) in [5.41, 5.74) is 0. The molecule has 2 saturated heterocycles. The number of carbonyl (C=O) groups excluding carboxylic acids is 1. The highest BCUT2D eigenvalue weighted by Crippen LogP contribution is 2.14. The fraction of sp³-hybridized carbons (Fsp3) is 0.929. The van der Waals surface area contributed by atoms with E-state index in [1.54, 1.807) is 0 Å². The minimum Gasteiger partial charge on any atom is -0.379 e. The van der Waals surface area contributed by atoms with Gasteiger partial charge in [0.25, 0.3) is 0 Å². The Morgan fingerprint density at radius 3 is 2.74 bits per heavy atom. The van der Waals surface area contributed by atoms with Crippen LogP contribution in [0, 0.1) is 0 Å². The van der Waals surface area contributed by atoms with E-state index in [4.69, 9.17) is 4.74 Å². The number of hydrogen-bond acceptors (Lipinski definition) is 4. The van der Waals surface area contributed by atoms with Gasteiger partial charge < -0.3 is 9.64 Å². The van der Waals surface area contributed by atoms with Crippen LogP contribution < -0.4 is 5.32 Å². The molecule has 0 radical (unpaired) electrons. The van der Waals surface area contributed by atoms with Gasteiger partial charge in [0.15, 0.2) is 0 Å². The maximum Gasteiger partial charge on any atom is 0.241 e. The average molecular weight is 269 g/mol. The molecule has 2 rings (SSSR count). The molecule has 2 aliphatic rings. The minimum atomic E-state index is 0.0448. The number of rotatable bonds is 6. The van der Waals surface area contributed by atoms with Gasteiger partial charge in [-0.15, -0.1) is 0 Å². The maximum absolute atomic E-state index is 12.2. The fourth-order valence-corrected chi connectivity index (χ4v) is 2.93. The molecule has 0 bridgehead atoms. The number of morpholine rings is 1. The number of carbonyl (C=O) groups is 1. The van der Waals surface area contributed by atoms with Crippen LogP contribution in [-0.2, 0) is 9.53 Å². The molecule has 5 heteroatoms. The van der Waals surface area contributed by atoms with Crippen LogP contribution in [0.15, 0.2) is 0 Å². The van der Waals surface area contributed by atoms with Gasteiger partial charge in [0.1, 0.15) is 0 Å². The van der Waals surface area contributed by atoms with Crippen molar-refractivity contribution in [1.29, 1.82) is 0 Å². The lowest BCUT2D eigenvalue weighted by Gasteiger charge is -2.28. The standard InChI is InChI=1S/C14H27N3O2/c1-3-5-13-14(18)17(12(2)15-13)7-4-6-16-8-10-19-11-9-16/h12-13,15H,3-11H2,1-2H3. The summed E-state index contributed by atoms with van der Waals surface area (Å²) in [6.07, 6.45) is 3.24. The highest BCUT2D eigenvalue weighted by molar-refractivity contribution is 5.84. The lowest BCUT2D eigenvalue weighted by atomic mass is 10.1. The van der Waals surface area contributed by atoms with E-state index in [1.165, 1.54) is 0 Å². The number of nitrogens with one attached hydrogen (secondary N) is 1. The van der Waals surface area contributed by atoms with E-state index in [0.717, 1.165) is 58.7 Å². The first-order valence-electron chi connectivity index (χ1n) is 7.59. The molecule has 2 heterocycles. The zero-order valence-electron chi connectivity index (χ0n) is 12.2. The Morgan fingerprint density at radius 1 is 1.32 bits per heavy atom. The first kappa shape index (κ1) is 14.8. The topological polar surface area (TPSA) is 44.8 Å². The zero-order valence-corrected chi connectivity index (χ0v) is 12.2. The summed E-state index contributed by atoms with van der Waals surface area (Å²) in [5.74, 6) is 0.288. The van der Waals surface area contributed by atoms with Crippen molar-refractivity contribution in [2.45, 2.75) is 45.3 Å². The van der Waals surface area contributed by atoms with Gasteiger partial charge in [0.05, 0.1) is 25.4 Å². The molecule has 5 nitrogen and oxygen atoms in total. The molecule has 0 aliphatic carbocycles. The second-order valence-corrected chi connectivity index (χ2v) is 5.52. The normalized spacial score (nSPS) is 29.2. The van der Waals surface area contributed by atoms with E-state index in [9.17, 15) is 4.79 Å². The molecule has 0 aromatic carbocycles. The van der Waals surface area contributed by atoms with Gasteiger partial charge in [-0.05, 0) is 19.8 Å². The van der Waals surface area contributed by atoms with Crippen LogP contribution >= 0.6 is 0 Å². The Balaban J connectivity index is 1.71. The van der Waals surface area contributed by atoms with E-state index >= 15 is 0 Å². The maximum atomic E-state index is 12.2. The van der Waals surface area contributed by atoms with Gasteiger partial charge in [-0.2, -0.15) is 0 Å². The first-order valence-corrected chi connectivity index (χ1v) is 7.59. The summed E-state index contributed by atoms with van der Waals surface area (Å²) in [5, 5.41) is 3.39. The van der Waals surface area contributed by atoms with Crippen molar-refractivity contribution in [1.82, 2.24) is 15.1 Å². The number of ether oxygens (including phenoxy) is 1. The van der Waals surface area contributed by atoms with Crippen LogP contribution in [0.3, 0.4) is 0 Å². The van der Waals surface area contributed by atoms with Crippen molar-refractivity contribution in [3.63, 3.8) is 0 Å². The highest BCUT2D eigenvalue weighted by Gasteiger charge is 2.35. The lowest BCUT2D eigenvalue weighted by molar-refractivity contribution is -0.130. The van der Waals surface area contributed by atoms with Crippen LogP contribution in [-0.4, -0.2) is 67.3 Å².